The molecule has 0 amide bonds. The van der Waals surface area contributed by atoms with Gasteiger partial charge >= 0.3 is 5.97 Å². The normalized spacial score (nSPS) is 17.4. The van der Waals surface area contributed by atoms with Crippen molar-refractivity contribution in [3.05, 3.63) is 43.7 Å². The van der Waals surface area contributed by atoms with Crippen molar-refractivity contribution in [1.82, 2.24) is 9.47 Å². The van der Waals surface area contributed by atoms with Gasteiger partial charge in [0, 0.05) is 49.9 Å². The average Bonchev–Trinajstić information content (AvgIpc) is 3.54. The summed E-state index contributed by atoms with van der Waals surface area (Å²) in [6.45, 7) is 6.67. The van der Waals surface area contributed by atoms with E-state index in [9.17, 15) is 19.7 Å². The van der Waals surface area contributed by atoms with Crippen molar-refractivity contribution in [2.24, 2.45) is 0 Å². The Bertz CT molecular complexity index is 1080. The van der Waals surface area contributed by atoms with E-state index < -0.39 is 16.3 Å². The fourth-order valence-electron chi connectivity index (χ4n) is 4.31. The molecule has 0 atom stereocenters. The Morgan fingerprint density at radius 2 is 1.90 bits per heavy atom. The van der Waals surface area contributed by atoms with E-state index in [1.54, 1.807) is 6.92 Å². The zero-order chi connectivity index (χ0) is 21.6. The van der Waals surface area contributed by atoms with E-state index in [0.717, 1.165) is 25.9 Å². The molecule has 0 spiro atoms. The van der Waals surface area contributed by atoms with Gasteiger partial charge in [-0.05, 0) is 33.7 Å². The molecule has 1 aliphatic heterocycles. The van der Waals surface area contributed by atoms with Gasteiger partial charge in [0.25, 0.3) is 5.69 Å². The van der Waals surface area contributed by atoms with Crippen LogP contribution in [0.3, 0.4) is 0 Å². The highest BCUT2D eigenvalue weighted by molar-refractivity contribution is 5.97. The molecule has 0 N–H and O–H groups in total. The lowest BCUT2D eigenvalue weighted by Gasteiger charge is -2.35. The minimum absolute atomic E-state index is 0.0621. The predicted molar refractivity (Wildman–Crippen MR) is 114 cm³/mol. The fraction of sp³-hybridized carbons (Fsp3) is 0.524. The van der Waals surface area contributed by atoms with Crippen molar-refractivity contribution in [1.29, 1.82) is 0 Å². The van der Waals surface area contributed by atoms with Crippen LogP contribution in [0.15, 0.2) is 16.9 Å². The lowest BCUT2D eigenvalue weighted by molar-refractivity contribution is -0.384. The molecular formula is C21H26N4O5. The number of nitro benzene ring substituents is 1. The Morgan fingerprint density at radius 1 is 1.23 bits per heavy atom. The van der Waals surface area contributed by atoms with Crippen LogP contribution >= 0.6 is 0 Å². The van der Waals surface area contributed by atoms with Gasteiger partial charge in [0.2, 0.25) is 0 Å². The largest absolute Gasteiger partial charge is 0.461 e. The number of aromatic nitrogens is 1. The summed E-state index contributed by atoms with van der Waals surface area (Å²) in [7, 11) is 2.02. The number of nitro groups is 1. The summed E-state index contributed by atoms with van der Waals surface area (Å²) < 4.78 is 7.06. The van der Waals surface area contributed by atoms with Gasteiger partial charge < -0.3 is 19.1 Å². The molecule has 9 nitrogen and oxygen atoms in total. The first-order chi connectivity index (χ1) is 14.3. The van der Waals surface area contributed by atoms with Gasteiger partial charge in [-0.2, -0.15) is 0 Å². The smallest absolute Gasteiger partial charge is 0.355 e. The molecule has 4 rings (SSSR count). The molecule has 2 aromatic rings. The Labute approximate surface area is 174 Å². The fourth-order valence-corrected chi connectivity index (χ4v) is 4.31. The lowest BCUT2D eigenvalue weighted by Crippen LogP contribution is -2.45. The summed E-state index contributed by atoms with van der Waals surface area (Å²) in [5.41, 5.74) is 1.56. The molecule has 9 heteroatoms. The van der Waals surface area contributed by atoms with E-state index in [2.05, 4.69) is 4.90 Å². The zero-order valence-corrected chi connectivity index (χ0v) is 17.5. The van der Waals surface area contributed by atoms with Crippen molar-refractivity contribution in [3.63, 3.8) is 0 Å². The van der Waals surface area contributed by atoms with Crippen molar-refractivity contribution in [2.75, 3.05) is 44.7 Å². The van der Waals surface area contributed by atoms with Crippen LogP contribution in [-0.2, 0) is 4.74 Å². The predicted octanol–water partition coefficient (Wildman–Crippen LogP) is 2.48. The summed E-state index contributed by atoms with van der Waals surface area (Å²) in [6.07, 6.45) is 1.79. The van der Waals surface area contributed by atoms with E-state index in [4.69, 9.17) is 4.74 Å². The molecule has 1 aromatic carbocycles. The van der Waals surface area contributed by atoms with E-state index in [1.807, 2.05) is 23.4 Å². The van der Waals surface area contributed by atoms with Gasteiger partial charge in [-0.15, -0.1) is 0 Å². The monoisotopic (exact) mass is 414 g/mol. The molecule has 160 valence electrons. The van der Waals surface area contributed by atoms with Crippen LogP contribution in [-0.4, -0.2) is 60.2 Å². The van der Waals surface area contributed by atoms with Gasteiger partial charge in [-0.25, -0.2) is 4.79 Å². The summed E-state index contributed by atoms with van der Waals surface area (Å²) in [6, 6.07) is 2.73. The number of likely N-dealkylation sites (N-methyl/N-ethyl adjacent to an activating group) is 1. The number of hydrogen-bond acceptors (Lipinski definition) is 7. The second-order valence-electron chi connectivity index (χ2n) is 8.03. The highest BCUT2D eigenvalue weighted by Crippen LogP contribution is 2.43. The third-order valence-corrected chi connectivity index (χ3v) is 5.94. The molecule has 0 unspecified atom stereocenters. The number of piperazine rings is 1. The third-order valence-electron chi connectivity index (χ3n) is 5.94. The maximum Gasteiger partial charge on any atom is 0.355 e. The average molecular weight is 414 g/mol. The van der Waals surface area contributed by atoms with Crippen LogP contribution in [0.1, 0.15) is 41.9 Å². The maximum absolute atomic E-state index is 12.9. The van der Waals surface area contributed by atoms with E-state index in [-0.39, 0.29) is 29.4 Å². The maximum atomic E-state index is 12.9. The number of nitrogens with zero attached hydrogens (tertiary/aromatic N) is 4. The highest BCUT2D eigenvalue weighted by Gasteiger charge is 2.34. The summed E-state index contributed by atoms with van der Waals surface area (Å²) in [5, 5.41) is 12.2. The molecule has 2 aliphatic rings. The SMILES string of the molecule is CCOC(=O)c1cc(=O)c2cc([N+](=O)[O-])c(N3CCN(C)CC3)c(C)c2n1C1CC1. The van der Waals surface area contributed by atoms with Crippen LogP contribution in [0, 0.1) is 17.0 Å². The first-order valence-corrected chi connectivity index (χ1v) is 10.3. The van der Waals surface area contributed by atoms with Crippen molar-refractivity contribution >= 4 is 28.2 Å². The van der Waals surface area contributed by atoms with E-state index in [0.29, 0.717) is 29.9 Å². The van der Waals surface area contributed by atoms with E-state index in [1.165, 1.54) is 12.1 Å². The number of hydrogen-bond donors (Lipinski definition) is 0. The van der Waals surface area contributed by atoms with Gasteiger partial charge in [-0.3, -0.25) is 14.9 Å². The molecule has 1 aromatic heterocycles. The number of rotatable bonds is 5. The first-order valence-electron chi connectivity index (χ1n) is 10.3. The first kappa shape index (κ1) is 20.3. The number of ether oxygens (including phenoxy) is 1. The minimum Gasteiger partial charge on any atom is -0.461 e. The van der Waals surface area contributed by atoms with Gasteiger partial charge in [-0.1, -0.05) is 0 Å². The molecule has 1 saturated carbocycles. The molecule has 0 bridgehead atoms. The summed E-state index contributed by atoms with van der Waals surface area (Å²) >= 11 is 0. The number of fused-ring (bicyclic) bond motifs is 1. The molecule has 1 saturated heterocycles. The number of aryl methyl sites for hydroxylation is 1. The molecule has 2 fully saturated rings. The van der Waals surface area contributed by atoms with Gasteiger partial charge in [0.15, 0.2) is 5.43 Å². The van der Waals surface area contributed by atoms with Crippen LogP contribution < -0.4 is 10.3 Å². The Kier molecular flexibility index (Phi) is 5.23. The number of anilines is 1. The molecule has 30 heavy (non-hydrogen) atoms. The van der Waals surface area contributed by atoms with Crippen molar-refractivity contribution in [3.8, 4) is 0 Å². The van der Waals surface area contributed by atoms with Crippen LogP contribution in [0.5, 0.6) is 0 Å². The second-order valence-corrected chi connectivity index (χ2v) is 8.03. The van der Waals surface area contributed by atoms with Crippen molar-refractivity contribution in [2.45, 2.75) is 32.7 Å². The standard InChI is InChI=1S/C21H26N4O5/c1-4-30-21(27)17-12-18(26)15-11-16(25(28)29)20(23-9-7-22(3)8-10-23)13(2)19(15)24(17)14-5-6-14/h11-12,14H,4-10H2,1-3H3. The van der Waals surface area contributed by atoms with Crippen LogP contribution in [0.25, 0.3) is 10.9 Å². The number of carbonyl (C=O) groups is 1. The summed E-state index contributed by atoms with van der Waals surface area (Å²) in [4.78, 5) is 41.2. The quantitative estimate of drug-likeness (QED) is 0.421. The Hall–Kier alpha value is -2.94. The van der Waals surface area contributed by atoms with Gasteiger partial charge in [0.05, 0.1) is 22.4 Å². The second kappa shape index (κ2) is 7.71. The van der Waals surface area contributed by atoms with Crippen molar-refractivity contribution < 1.29 is 14.5 Å². The Balaban J connectivity index is 2.02. The Morgan fingerprint density at radius 3 is 2.47 bits per heavy atom. The molecule has 2 heterocycles. The van der Waals surface area contributed by atoms with E-state index >= 15 is 0 Å². The summed E-state index contributed by atoms with van der Waals surface area (Å²) in [5.74, 6) is -0.540. The van der Waals surface area contributed by atoms with Crippen LogP contribution in [0.4, 0.5) is 11.4 Å². The highest BCUT2D eigenvalue weighted by atomic mass is 16.6. The zero-order valence-electron chi connectivity index (χ0n) is 17.5. The minimum atomic E-state index is -0.540. The number of carbonyl (C=O) groups excluding carboxylic acids is 1. The third kappa shape index (κ3) is 3.43. The number of benzene rings is 1. The number of esters is 1. The number of pyridine rings is 1. The molecule has 1 aliphatic carbocycles. The topological polar surface area (TPSA) is 97.9 Å². The molecular weight excluding hydrogens is 388 g/mol. The lowest BCUT2D eigenvalue weighted by atomic mass is 10.0. The molecule has 0 radical (unpaired) electrons. The van der Waals surface area contributed by atoms with Crippen LogP contribution in [0.2, 0.25) is 0 Å². The van der Waals surface area contributed by atoms with Gasteiger partial charge in [0.1, 0.15) is 11.4 Å².